The molecule has 160 valence electrons. The zero-order valence-electron chi connectivity index (χ0n) is 18.8. The van der Waals surface area contributed by atoms with Crippen LogP contribution in [0.3, 0.4) is 0 Å². The standard InChI is InChI=1S/C24H31N3O2S/c1-8-26-23(28)20(25)21(27-24(29)22-14(4)9-10-30-22)17(7)19-12-18(13(2)3)15(5)11-16(19)6/h9-13,25H,8H2,1-7H3,(H,26,28)(H,27,29)/b21-17-,25-20?. The highest BCUT2D eigenvalue weighted by Crippen LogP contribution is 2.29. The Morgan fingerprint density at radius 3 is 2.30 bits per heavy atom. The Balaban J connectivity index is 2.62. The molecule has 0 aliphatic rings. The van der Waals surface area contributed by atoms with Gasteiger partial charge in [0.2, 0.25) is 0 Å². The van der Waals surface area contributed by atoms with Crippen LogP contribution in [0.5, 0.6) is 0 Å². The lowest BCUT2D eigenvalue weighted by atomic mass is 9.89. The Hall–Kier alpha value is -2.73. The van der Waals surface area contributed by atoms with Gasteiger partial charge in [0, 0.05) is 6.54 Å². The molecule has 0 radical (unpaired) electrons. The van der Waals surface area contributed by atoms with Crippen molar-refractivity contribution in [1.82, 2.24) is 10.6 Å². The molecule has 3 N–H and O–H groups in total. The third-order valence-electron chi connectivity index (χ3n) is 5.14. The van der Waals surface area contributed by atoms with Crippen LogP contribution in [0.15, 0.2) is 29.3 Å². The van der Waals surface area contributed by atoms with Gasteiger partial charge in [0.25, 0.3) is 11.8 Å². The van der Waals surface area contributed by atoms with Crippen LogP contribution in [0.25, 0.3) is 5.57 Å². The van der Waals surface area contributed by atoms with Gasteiger partial charge in [-0.05, 0) is 85.4 Å². The number of thiophene rings is 1. The number of aryl methyl sites for hydroxylation is 3. The van der Waals surface area contributed by atoms with Gasteiger partial charge in [-0.2, -0.15) is 0 Å². The average molecular weight is 426 g/mol. The lowest BCUT2D eigenvalue weighted by molar-refractivity contribution is -0.114. The van der Waals surface area contributed by atoms with Gasteiger partial charge in [0.15, 0.2) is 0 Å². The first-order valence-electron chi connectivity index (χ1n) is 10.1. The second-order valence-corrected chi connectivity index (χ2v) is 8.72. The first-order chi connectivity index (χ1) is 14.1. The SMILES string of the molecule is CCNC(=O)C(=N)/C(NC(=O)c1sccc1C)=C(\C)c1cc(C(C)C)c(C)cc1C. The van der Waals surface area contributed by atoms with Crippen LogP contribution >= 0.6 is 11.3 Å². The fourth-order valence-electron chi connectivity index (χ4n) is 3.51. The molecule has 0 atom stereocenters. The molecule has 0 spiro atoms. The highest BCUT2D eigenvalue weighted by Gasteiger charge is 2.22. The van der Waals surface area contributed by atoms with Crippen molar-refractivity contribution in [3.05, 3.63) is 62.0 Å². The third kappa shape index (κ3) is 5.05. The van der Waals surface area contributed by atoms with Crippen molar-refractivity contribution in [2.24, 2.45) is 0 Å². The van der Waals surface area contributed by atoms with E-state index in [2.05, 4.69) is 43.5 Å². The van der Waals surface area contributed by atoms with Gasteiger partial charge in [-0.15, -0.1) is 11.3 Å². The Morgan fingerprint density at radius 2 is 1.77 bits per heavy atom. The van der Waals surface area contributed by atoms with Gasteiger partial charge in [-0.25, -0.2) is 0 Å². The minimum Gasteiger partial charge on any atom is -0.351 e. The normalized spacial score (nSPS) is 11.9. The number of hydrogen-bond donors (Lipinski definition) is 3. The molecule has 0 saturated heterocycles. The van der Waals surface area contributed by atoms with Crippen molar-refractivity contribution in [1.29, 1.82) is 5.41 Å². The van der Waals surface area contributed by atoms with Gasteiger partial charge < -0.3 is 10.6 Å². The maximum atomic E-state index is 12.9. The van der Waals surface area contributed by atoms with Gasteiger partial charge in [-0.1, -0.05) is 26.0 Å². The molecule has 0 aliphatic carbocycles. The smallest absolute Gasteiger partial charge is 0.271 e. The quantitative estimate of drug-likeness (QED) is 0.539. The fourth-order valence-corrected chi connectivity index (χ4v) is 4.33. The van der Waals surface area contributed by atoms with Crippen molar-refractivity contribution in [3.8, 4) is 0 Å². The molecule has 5 nitrogen and oxygen atoms in total. The number of benzene rings is 1. The van der Waals surface area contributed by atoms with Crippen molar-refractivity contribution >= 4 is 34.4 Å². The van der Waals surface area contributed by atoms with Crippen molar-refractivity contribution in [2.75, 3.05) is 6.54 Å². The molecule has 0 bridgehead atoms. The van der Waals surface area contributed by atoms with Crippen molar-refractivity contribution < 1.29 is 9.59 Å². The predicted octanol–water partition coefficient (Wildman–Crippen LogP) is 5.11. The zero-order valence-corrected chi connectivity index (χ0v) is 19.6. The van der Waals surface area contributed by atoms with E-state index >= 15 is 0 Å². The summed E-state index contributed by atoms with van der Waals surface area (Å²) in [5, 5.41) is 15.8. The number of amides is 2. The summed E-state index contributed by atoms with van der Waals surface area (Å²) in [6.45, 7) is 14.3. The molecule has 1 aromatic heterocycles. The van der Waals surface area contributed by atoms with Crippen LogP contribution < -0.4 is 10.6 Å². The van der Waals surface area contributed by atoms with E-state index in [1.807, 2.05) is 32.2 Å². The molecule has 30 heavy (non-hydrogen) atoms. The van der Waals surface area contributed by atoms with Crippen LogP contribution in [0.2, 0.25) is 0 Å². The zero-order chi connectivity index (χ0) is 22.6. The Morgan fingerprint density at radius 1 is 1.10 bits per heavy atom. The summed E-state index contributed by atoms with van der Waals surface area (Å²) >= 11 is 1.34. The molecular formula is C24H31N3O2S. The van der Waals surface area contributed by atoms with E-state index in [0.29, 0.717) is 22.9 Å². The molecule has 2 aromatic rings. The van der Waals surface area contributed by atoms with Crippen molar-refractivity contribution in [2.45, 2.75) is 54.4 Å². The van der Waals surface area contributed by atoms with Gasteiger partial charge in [0.05, 0.1) is 10.6 Å². The first kappa shape index (κ1) is 23.5. The van der Waals surface area contributed by atoms with E-state index in [4.69, 9.17) is 5.41 Å². The van der Waals surface area contributed by atoms with Crippen LogP contribution in [-0.4, -0.2) is 24.1 Å². The minimum atomic E-state index is -0.510. The summed E-state index contributed by atoms with van der Waals surface area (Å²) < 4.78 is 0. The number of hydrogen-bond acceptors (Lipinski definition) is 4. The lowest BCUT2D eigenvalue weighted by Gasteiger charge is -2.19. The summed E-state index contributed by atoms with van der Waals surface area (Å²) in [6, 6.07) is 6.11. The molecule has 0 unspecified atom stereocenters. The van der Waals surface area contributed by atoms with E-state index in [9.17, 15) is 9.59 Å². The second-order valence-electron chi connectivity index (χ2n) is 7.80. The molecule has 6 heteroatoms. The number of allylic oxidation sites excluding steroid dienone is 1. The molecule has 0 fully saturated rings. The van der Waals surface area contributed by atoms with Gasteiger partial charge in [0.1, 0.15) is 5.71 Å². The molecular weight excluding hydrogens is 394 g/mol. The largest absolute Gasteiger partial charge is 0.351 e. The Bertz CT molecular complexity index is 1020. The number of rotatable bonds is 7. The van der Waals surface area contributed by atoms with Crippen LogP contribution in [0.1, 0.15) is 71.1 Å². The lowest BCUT2D eigenvalue weighted by Crippen LogP contribution is -2.37. The number of carbonyl (C=O) groups excluding carboxylic acids is 2. The van der Waals surface area contributed by atoms with E-state index < -0.39 is 5.91 Å². The van der Waals surface area contributed by atoms with E-state index in [0.717, 1.165) is 16.7 Å². The Labute approximate surface area is 183 Å². The van der Waals surface area contributed by atoms with E-state index in [1.54, 1.807) is 6.92 Å². The molecule has 1 aromatic carbocycles. The first-order valence-corrected chi connectivity index (χ1v) is 11.0. The summed E-state index contributed by atoms with van der Waals surface area (Å²) in [6.07, 6.45) is 0. The van der Waals surface area contributed by atoms with Gasteiger partial charge in [-0.3, -0.25) is 15.0 Å². The molecule has 0 saturated carbocycles. The minimum absolute atomic E-state index is 0.236. The van der Waals surface area contributed by atoms with Crippen LogP contribution in [0.4, 0.5) is 0 Å². The van der Waals surface area contributed by atoms with Crippen LogP contribution in [-0.2, 0) is 4.79 Å². The fraction of sp³-hybridized carbons (Fsp3) is 0.375. The monoisotopic (exact) mass is 425 g/mol. The number of carbonyl (C=O) groups is 2. The molecule has 2 amide bonds. The topological polar surface area (TPSA) is 82.1 Å². The number of nitrogens with one attached hydrogen (secondary N) is 3. The average Bonchev–Trinajstić information content (AvgIpc) is 3.11. The predicted molar refractivity (Wildman–Crippen MR) is 126 cm³/mol. The van der Waals surface area contributed by atoms with Gasteiger partial charge >= 0.3 is 0 Å². The maximum Gasteiger partial charge on any atom is 0.271 e. The second kappa shape index (κ2) is 9.85. The Kier molecular flexibility index (Phi) is 7.73. The summed E-state index contributed by atoms with van der Waals surface area (Å²) in [4.78, 5) is 25.9. The maximum absolute atomic E-state index is 12.9. The highest BCUT2D eigenvalue weighted by molar-refractivity contribution is 7.12. The molecule has 1 heterocycles. The molecule has 0 aliphatic heterocycles. The summed E-state index contributed by atoms with van der Waals surface area (Å²) in [5.74, 6) is -0.476. The van der Waals surface area contributed by atoms with Crippen LogP contribution in [0, 0.1) is 26.2 Å². The third-order valence-corrected chi connectivity index (χ3v) is 6.15. The summed E-state index contributed by atoms with van der Waals surface area (Å²) in [5.41, 5.74) is 5.94. The van der Waals surface area contributed by atoms with E-state index in [1.165, 1.54) is 22.5 Å². The highest BCUT2D eigenvalue weighted by atomic mass is 32.1. The van der Waals surface area contributed by atoms with E-state index in [-0.39, 0.29) is 17.3 Å². The molecule has 2 rings (SSSR count). The summed E-state index contributed by atoms with van der Waals surface area (Å²) in [7, 11) is 0. The van der Waals surface area contributed by atoms with Crippen molar-refractivity contribution in [3.63, 3.8) is 0 Å².